The quantitative estimate of drug-likeness (QED) is 0.0172. The average molecular weight is 1670 g/mol. The number of fused-ring (bicyclic) bond motifs is 2. The predicted molar refractivity (Wildman–Crippen MR) is 464 cm³/mol. The molecule has 0 saturated carbocycles. The van der Waals surface area contributed by atoms with Crippen molar-refractivity contribution in [2.24, 2.45) is 0 Å². The van der Waals surface area contributed by atoms with Gasteiger partial charge in [-0.1, -0.05) is 267 Å². The molecule has 3 fully saturated rings. The van der Waals surface area contributed by atoms with Gasteiger partial charge in [0.1, 0.15) is 70.9 Å². The fourth-order valence-electron chi connectivity index (χ4n) is 16.9. The van der Waals surface area contributed by atoms with Crippen molar-refractivity contribution in [3.8, 4) is 11.5 Å². The molecule has 3 aliphatic heterocycles. The van der Waals surface area contributed by atoms with E-state index in [0.29, 0.717) is 22.3 Å². The second-order valence-electron chi connectivity index (χ2n) is 31.6. The summed E-state index contributed by atoms with van der Waals surface area (Å²) in [5, 5.41) is 50.0. The van der Waals surface area contributed by atoms with Gasteiger partial charge in [-0.25, -0.2) is 0 Å². The van der Waals surface area contributed by atoms with Crippen LogP contribution in [0, 0.1) is 0 Å². The molecule has 0 bridgehead atoms. The summed E-state index contributed by atoms with van der Waals surface area (Å²) in [7, 11) is 0. The van der Waals surface area contributed by atoms with Crippen LogP contribution in [0.2, 0.25) is 0 Å². The smallest absolute Gasteiger partial charge is 0.246 e. The fraction of sp³-hybridized carbons (Fsp3) is 0.265. The summed E-state index contributed by atoms with van der Waals surface area (Å²) >= 11 is 0. The van der Waals surface area contributed by atoms with Crippen LogP contribution in [-0.2, 0) is 94.3 Å². The Morgan fingerprint density at radius 1 is 0.315 bits per heavy atom. The highest BCUT2D eigenvalue weighted by atomic mass is 16.3. The number of amides is 12. The topological polar surface area (TPSA) is 372 Å². The second kappa shape index (κ2) is 40.7. The fourth-order valence-corrected chi connectivity index (χ4v) is 16.9. The van der Waals surface area contributed by atoms with E-state index in [-0.39, 0.29) is 88.8 Å². The van der Waals surface area contributed by atoms with Gasteiger partial charge >= 0.3 is 0 Å². The minimum atomic E-state index is -1.53. The number of benzene rings is 10. The highest BCUT2D eigenvalue weighted by Gasteiger charge is 2.55. The first-order valence-electron chi connectivity index (χ1n) is 41.6. The van der Waals surface area contributed by atoms with E-state index in [9.17, 15) is 48.6 Å². The van der Waals surface area contributed by atoms with Gasteiger partial charge in [-0.15, -0.1) is 0 Å². The SMILES string of the molecule is CC(=O)N[C@@H](Cc1ccccc1)C(=O)N[C@@H](CCC(=O)NC(c1ccccc1)(c1ccccc1)c1ccccc1)C(=O)N[C@@H](Cc1ccc(O)cc1)C(=O)N[C@H]1C[C@H]2C(=O)N3C[C@@H](NC(=O)[C@H](Cc4ccc(O)cc4)NC(=O)[C@H](CCC(=O)NC(c4ccccc4)(c4ccccc4)c4ccccc4)NC(=O)[C@H](Cc4ccccc4)NC(C)=O)C[C@H]3C(=O)N2C1. The van der Waals surface area contributed by atoms with Crippen LogP contribution in [0.1, 0.15) is 108 Å². The zero-order valence-corrected chi connectivity index (χ0v) is 68.7. The van der Waals surface area contributed by atoms with Crippen molar-refractivity contribution in [3.05, 3.63) is 347 Å². The molecular weight excluding hydrogens is 1570 g/mol. The van der Waals surface area contributed by atoms with E-state index in [2.05, 4.69) is 53.2 Å². The van der Waals surface area contributed by atoms with Gasteiger partial charge in [-0.2, -0.15) is 0 Å². The summed E-state index contributed by atoms with van der Waals surface area (Å²) in [6.07, 6.45) is -1.80. The Kier molecular flexibility index (Phi) is 28.6. The average Bonchev–Trinajstić information content (AvgIpc) is 1.55. The highest BCUT2D eigenvalue weighted by molar-refractivity contribution is 6.00. The third-order valence-electron chi connectivity index (χ3n) is 22.9. The van der Waals surface area contributed by atoms with Crippen LogP contribution >= 0.6 is 0 Å². The van der Waals surface area contributed by atoms with Crippen LogP contribution in [-0.4, -0.2) is 164 Å². The molecule has 3 saturated heterocycles. The molecular formula is C98H100N12O14. The molecule has 26 nitrogen and oxygen atoms in total. The molecule has 3 heterocycles. The predicted octanol–water partition coefficient (Wildman–Crippen LogP) is 7.28. The van der Waals surface area contributed by atoms with Crippen molar-refractivity contribution >= 4 is 70.9 Å². The molecule has 10 aromatic carbocycles. The van der Waals surface area contributed by atoms with Crippen LogP contribution in [0.5, 0.6) is 11.5 Å². The summed E-state index contributed by atoms with van der Waals surface area (Å²) in [4.78, 5) is 178. The normalized spacial score (nSPS) is 16.8. The lowest BCUT2D eigenvalue weighted by Crippen LogP contribution is -2.60. The van der Waals surface area contributed by atoms with Crippen molar-refractivity contribution in [2.75, 3.05) is 13.1 Å². The van der Waals surface area contributed by atoms with Crippen molar-refractivity contribution in [3.63, 3.8) is 0 Å². The molecule has 0 spiro atoms. The van der Waals surface area contributed by atoms with Crippen molar-refractivity contribution in [1.29, 1.82) is 0 Å². The maximum absolute atomic E-state index is 15.3. The Morgan fingerprint density at radius 2 is 0.548 bits per heavy atom. The number of hydrogen-bond acceptors (Lipinski definition) is 14. The highest BCUT2D eigenvalue weighted by Crippen LogP contribution is 2.40. The van der Waals surface area contributed by atoms with E-state index < -0.39 is 142 Å². The number of nitrogens with zero attached hydrogens (tertiary/aromatic N) is 2. The Hall–Kier alpha value is -14.6. The Labute approximate surface area is 718 Å². The summed E-state index contributed by atoms with van der Waals surface area (Å²) in [6, 6.07) is 73.8. The maximum atomic E-state index is 15.3. The number of rotatable bonds is 36. The molecule has 636 valence electrons. The molecule has 10 atom stereocenters. The summed E-state index contributed by atoms with van der Waals surface area (Å²) in [5.41, 5.74) is 4.23. The van der Waals surface area contributed by atoms with Crippen LogP contribution in [0.3, 0.4) is 0 Å². The van der Waals surface area contributed by atoms with Crippen molar-refractivity contribution < 1.29 is 67.7 Å². The number of phenols is 2. The van der Waals surface area contributed by atoms with Crippen molar-refractivity contribution in [1.82, 2.24) is 63.0 Å². The first-order valence-corrected chi connectivity index (χ1v) is 41.6. The zero-order chi connectivity index (χ0) is 87.3. The number of carbonyl (C=O) groups is 12. The summed E-state index contributed by atoms with van der Waals surface area (Å²) in [6.45, 7) is 2.21. The van der Waals surface area contributed by atoms with Crippen LogP contribution in [0.15, 0.2) is 291 Å². The largest absolute Gasteiger partial charge is 0.508 e. The third-order valence-corrected chi connectivity index (χ3v) is 22.9. The molecule has 26 heteroatoms. The lowest BCUT2D eigenvalue weighted by molar-refractivity contribution is -0.156. The minimum Gasteiger partial charge on any atom is -0.508 e. The Balaban J connectivity index is 0.717. The van der Waals surface area contributed by atoms with Crippen LogP contribution in [0.4, 0.5) is 0 Å². The molecule has 12 amide bonds. The lowest BCUT2D eigenvalue weighted by Gasteiger charge is -2.38. The standard InChI is InChI=1S/C98H100N12O14/c1-63(111)99-81(55-65-27-11-3-12-28-65)93(121)103-79(51-53-87(115)107-97(69-31-15-5-16-32-69,70-33-17-6-18-34-70)71-35-19-7-20-36-71)89(117)105-83(57-67-43-47-77(113)48-44-67)91(119)101-75-59-85-95(123)110-62-76(60-86(110)96(124)109(85)61-75)102-92(120)84(58-68-45-49-78(114)50-46-68)106-90(118)80(104-94(122)82(100-64(2)112)56-66-29-13-4-14-30-66)52-54-88(116)108-98(72-37-21-8-22-38-72,73-39-23-9-24-40-73)74-41-25-10-26-42-74/h3-50,75-76,79-86,113-114H,51-62H2,1-2H3,(H,99,111)(H,100,112)(H,101,119)(H,102,120)(H,103,121)(H,104,122)(H,105,117)(H,106,118)(H,107,115)(H,108,116)/t75-,76-,79-,80-,81-,82-,83-,84-,85-,86-/m0/s1. The first kappa shape index (κ1) is 87.3. The number of nitrogens with one attached hydrogen (secondary N) is 10. The van der Waals surface area contributed by atoms with E-state index in [1.165, 1.54) is 47.9 Å². The molecule has 124 heavy (non-hydrogen) atoms. The molecule has 0 radical (unpaired) electrons. The lowest BCUT2D eigenvalue weighted by atomic mass is 9.77. The minimum absolute atomic E-state index is 0.0219. The van der Waals surface area contributed by atoms with Gasteiger partial charge in [-0.3, -0.25) is 57.5 Å². The van der Waals surface area contributed by atoms with Gasteiger partial charge in [0.15, 0.2) is 0 Å². The van der Waals surface area contributed by atoms with E-state index >= 15 is 19.2 Å². The molecule has 3 aliphatic rings. The van der Waals surface area contributed by atoms with Gasteiger partial charge in [0, 0.05) is 77.5 Å². The monoisotopic (exact) mass is 1670 g/mol. The first-order chi connectivity index (χ1) is 60.0. The third kappa shape index (κ3) is 21.6. The van der Waals surface area contributed by atoms with Crippen molar-refractivity contribution in [2.45, 2.75) is 150 Å². The maximum Gasteiger partial charge on any atom is 0.246 e. The van der Waals surface area contributed by atoms with E-state index in [0.717, 1.165) is 33.4 Å². The summed E-state index contributed by atoms with van der Waals surface area (Å²) < 4.78 is 0. The molecule has 0 aliphatic carbocycles. The van der Waals surface area contributed by atoms with Gasteiger partial charge in [0.25, 0.3) is 0 Å². The number of aromatic hydroxyl groups is 2. The Morgan fingerprint density at radius 3 is 0.815 bits per heavy atom. The van der Waals surface area contributed by atoms with Gasteiger partial charge in [-0.05, 0) is 106 Å². The molecule has 13 rings (SSSR count). The second-order valence-corrected chi connectivity index (χ2v) is 31.6. The van der Waals surface area contributed by atoms with E-state index in [4.69, 9.17) is 0 Å². The summed E-state index contributed by atoms with van der Waals surface area (Å²) in [5.74, 6) is -7.93. The zero-order valence-electron chi connectivity index (χ0n) is 68.7. The molecule has 10 aromatic rings. The Bertz CT molecular complexity index is 4840. The van der Waals surface area contributed by atoms with Gasteiger partial charge < -0.3 is 73.2 Å². The molecule has 0 unspecified atom stereocenters. The van der Waals surface area contributed by atoms with Crippen LogP contribution < -0.4 is 53.2 Å². The number of hydrogen-bond donors (Lipinski definition) is 12. The number of phenolic OH excluding ortho intramolecular Hbond substituents is 2. The molecule has 12 N–H and O–H groups in total. The van der Waals surface area contributed by atoms with Gasteiger partial charge in [0.2, 0.25) is 70.9 Å². The number of piperazine rings is 1. The van der Waals surface area contributed by atoms with Crippen LogP contribution in [0.25, 0.3) is 0 Å². The van der Waals surface area contributed by atoms with E-state index in [1.807, 2.05) is 182 Å². The molecule has 0 aromatic heterocycles. The van der Waals surface area contributed by atoms with Gasteiger partial charge in [0.05, 0.1) is 0 Å². The number of carbonyl (C=O) groups excluding carboxylic acids is 12. The van der Waals surface area contributed by atoms with E-state index in [1.54, 1.807) is 84.9 Å².